The van der Waals surface area contributed by atoms with Gasteiger partial charge in [0.1, 0.15) is 6.04 Å². The van der Waals surface area contributed by atoms with Gasteiger partial charge >= 0.3 is 0 Å². The normalized spacial score (nSPS) is 22.6. The molecule has 5 nitrogen and oxygen atoms in total. The monoisotopic (exact) mass is 405 g/mol. The van der Waals surface area contributed by atoms with E-state index in [1.165, 1.54) is 0 Å². The molecule has 2 aliphatic rings. The molecule has 138 valence electrons. The highest BCUT2D eigenvalue weighted by molar-refractivity contribution is 6.42. The number of hydrogen-bond acceptors (Lipinski definition) is 3. The summed E-state index contributed by atoms with van der Waals surface area (Å²) < 4.78 is 0. The molecule has 2 amide bonds. The van der Waals surface area contributed by atoms with E-state index in [2.05, 4.69) is 10.6 Å². The minimum Gasteiger partial charge on any atom is -0.353 e. The SMILES string of the molecule is Cl.O=C(NCC1CCCN1)C1CCCN1C(=O)c1ccc(Cl)c(Cl)c1. The van der Waals surface area contributed by atoms with Gasteiger partial charge in [0.05, 0.1) is 10.0 Å². The molecule has 0 radical (unpaired) electrons. The average molecular weight is 407 g/mol. The fourth-order valence-corrected chi connectivity index (χ4v) is 3.65. The molecule has 2 atom stereocenters. The van der Waals surface area contributed by atoms with Crippen molar-refractivity contribution in [2.75, 3.05) is 19.6 Å². The zero-order valence-corrected chi connectivity index (χ0v) is 16.1. The number of carbonyl (C=O) groups excluding carboxylic acids is 2. The second-order valence-electron chi connectivity index (χ2n) is 6.32. The topological polar surface area (TPSA) is 61.4 Å². The Morgan fingerprint density at radius 3 is 2.68 bits per heavy atom. The van der Waals surface area contributed by atoms with Crippen LogP contribution in [0.1, 0.15) is 36.0 Å². The summed E-state index contributed by atoms with van der Waals surface area (Å²) in [5.41, 5.74) is 0.460. The first kappa shape index (κ1) is 20.3. The fourth-order valence-electron chi connectivity index (χ4n) is 3.35. The summed E-state index contributed by atoms with van der Waals surface area (Å²) in [6.45, 7) is 2.20. The van der Waals surface area contributed by atoms with Crippen LogP contribution in [0.25, 0.3) is 0 Å². The van der Waals surface area contributed by atoms with Crippen LogP contribution in [-0.2, 0) is 4.79 Å². The van der Waals surface area contributed by atoms with Crippen LogP contribution in [0.4, 0.5) is 0 Å². The molecule has 2 fully saturated rings. The predicted molar refractivity (Wildman–Crippen MR) is 102 cm³/mol. The lowest BCUT2D eigenvalue weighted by Crippen LogP contribution is -2.48. The predicted octanol–water partition coefficient (Wildman–Crippen LogP) is 2.89. The third kappa shape index (κ3) is 4.79. The van der Waals surface area contributed by atoms with Gasteiger partial charge in [-0.2, -0.15) is 0 Å². The van der Waals surface area contributed by atoms with Gasteiger partial charge in [0.15, 0.2) is 0 Å². The first-order valence-corrected chi connectivity index (χ1v) is 9.09. The second-order valence-corrected chi connectivity index (χ2v) is 7.14. The molecule has 2 unspecified atom stereocenters. The minimum absolute atomic E-state index is 0. The standard InChI is InChI=1S/C17H21Cl2N3O2.ClH/c18-13-6-5-11(9-14(13)19)17(24)22-8-2-4-15(22)16(23)21-10-12-3-1-7-20-12;/h5-6,9,12,15,20H,1-4,7-8,10H2,(H,21,23);1H. The molecule has 0 bridgehead atoms. The average Bonchev–Trinajstić information content (AvgIpc) is 3.26. The molecule has 1 aromatic carbocycles. The number of rotatable bonds is 4. The van der Waals surface area contributed by atoms with E-state index in [1.54, 1.807) is 23.1 Å². The molecule has 8 heteroatoms. The molecule has 2 heterocycles. The zero-order valence-electron chi connectivity index (χ0n) is 13.8. The number of nitrogens with one attached hydrogen (secondary N) is 2. The van der Waals surface area contributed by atoms with Gasteiger partial charge < -0.3 is 15.5 Å². The minimum atomic E-state index is -0.409. The van der Waals surface area contributed by atoms with E-state index in [4.69, 9.17) is 23.2 Å². The first-order valence-electron chi connectivity index (χ1n) is 8.33. The summed E-state index contributed by atoms with van der Waals surface area (Å²) in [5.74, 6) is -0.250. The van der Waals surface area contributed by atoms with E-state index in [9.17, 15) is 9.59 Å². The van der Waals surface area contributed by atoms with Crippen molar-refractivity contribution in [3.63, 3.8) is 0 Å². The van der Waals surface area contributed by atoms with Crippen LogP contribution in [0.15, 0.2) is 18.2 Å². The summed E-state index contributed by atoms with van der Waals surface area (Å²) in [6.07, 6.45) is 3.74. The maximum atomic E-state index is 12.7. The summed E-state index contributed by atoms with van der Waals surface area (Å²) in [6, 6.07) is 4.74. The lowest BCUT2D eigenvalue weighted by atomic mass is 10.1. The maximum absolute atomic E-state index is 12.7. The number of halogens is 3. The smallest absolute Gasteiger partial charge is 0.254 e. The highest BCUT2D eigenvalue weighted by Gasteiger charge is 2.34. The van der Waals surface area contributed by atoms with Crippen molar-refractivity contribution >= 4 is 47.4 Å². The number of amides is 2. The molecule has 0 spiro atoms. The zero-order chi connectivity index (χ0) is 17.1. The van der Waals surface area contributed by atoms with Gasteiger partial charge in [0, 0.05) is 24.7 Å². The third-order valence-corrected chi connectivity index (χ3v) is 5.41. The number of likely N-dealkylation sites (tertiary alicyclic amines) is 1. The van der Waals surface area contributed by atoms with Crippen molar-refractivity contribution in [3.05, 3.63) is 33.8 Å². The van der Waals surface area contributed by atoms with Crippen LogP contribution >= 0.6 is 35.6 Å². The summed E-state index contributed by atoms with van der Waals surface area (Å²) >= 11 is 11.9. The van der Waals surface area contributed by atoms with Crippen molar-refractivity contribution < 1.29 is 9.59 Å². The summed E-state index contributed by atoms with van der Waals surface area (Å²) in [4.78, 5) is 26.8. The Hall–Kier alpha value is -1.01. The first-order chi connectivity index (χ1) is 11.6. The van der Waals surface area contributed by atoms with E-state index < -0.39 is 6.04 Å². The highest BCUT2D eigenvalue weighted by atomic mass is 35.5. The van der Waals surface area contributed by atoms with E-state index in [0.717, 1.165) is 25.8 Å². The van der Waals surface area contributed by atoms with Gasteiger partial charge in [-0.3, -0.25) is 9.59 Å². The van der Waals surface area contributed by atoms with Gasteiger partial charge in [-0.1, -0.05) is 23.2 Å². The van der Waals surface area contributed by atoms with E-state index in [0.29, 0.717) is 41.2 Å². The van der Waals surface area contributed by atoms with Gasteiger partial charge in [0.25, 0.3) is 5.91 Å². The van der Waals surface area contributed by atoms with Crippen LogP contribution < -0.4 is 10.6 Å². The van der Waals surface area contributed by atoms with Crippen LogP contribution in [0.3, 0.4) is 0 Å². The number of carbonyl (C=O) groups is 2. The molecule has 2 saturated heterocycles. The van der Waals surface area contributed by atoms with Crippen LogP contribution in [0.5, 0.6) is 0 Å². The summed E-state index contributed by atoms with van der Waals surface area (Å²) in [5, 5.41) is 7.09. The van der Waals surface area contributed by atoms with E-state index >= 15 is 0 Å². The Bertz CT molecular complexity index is 636. The van der Waals surface area contributed by atoms with Gasteiger partial charge in [-0.05, 0) is 50.4 Å². The van der Waals surface area contributed by atoms with Crippen LogP contribution in [0, 0.1) is 0 Å². The van der Waals surface area contributed by atoms with E-state index in [1.807, 2.05) is 0 Å². The molecule has 0 aliphatic carbocycles. The molecular formula is C17H22Cl3N3O2. The quantitative estimate of drug-likeness (QED) is 0.808. The molecule has 3 rings (SSSR count). The Balaban J connectivity index is 0.00000225. The number of benzene rings is 1. The van der Waals surface area contributed by atoms with Gasteiger partial charge in [-0.25, -0.2) is 0 Å². The largest absolute Gasteiger partial charge is 0.353 e. The number of nitrogens with zero attached hydrogens (tertiary/aromatic N) is 1. The Labute approximate surface area is 163 Å². The number of hydrogen-bond donors (Lipinski definition) is 2. The van der Waals surface area contributed by atoms with Crippen LogP contribution in [0.2, 0.25) is 10.0 Å². The molecular weight excluding hydrogens is 385 g/mol. The Morgan fingerprint density at radius 2 is 2.00 bits per heavy atom. The van der Waals surface area contributed by atoms with Crippen molar-refractivity contribution in [3.8, 4) is 0 Å². The molecule has 0 saturated carbocycles. The van der Waals surface area contributed by atoms with Gasteiger partial charge in [-0.15, -0.1) is 12.4 Å². The van der Waals surface area contributed by atoms with E-state index in [-0.39, 0.29) is 24.2 Å². The van der Waals surface area contributed by atoms with Crippen LogP contribution in [-0.4, -0.2) is 48.4 Å². The van der Waals surface area contributed by atoms with Gasteiger partial charge in [0.2, 0.25) is 5.91 Å². The highest BCUT2D eigenvalue weighted by Crippen LogP contribution is 2.26. The lowest BCUT2D eigenvalue weighted by Gasteiger charge is -2.25. The molecule has 25 heavy (non-hydrogen) atoms. The fraction of sp³-hybridized carbons (Fsp3) is 0.529. The van der Waals surface area contributed by atoms with Crippen molar-refractivity contribution in [1.82, 2.24) is 15.5 Å². The molecule has 2 aliphatic heterocycles. The lowest BCUT2D eigenvalue weighted by molar-refractivity contribution is -0.124. The van der Waals surface area contributed by atoms with Crippen molar-refractivity contribution in [2.24, 2.45) is 0 Å². The Kier molecular flexibility index (Phi) is 7.37. The van der Waals surface area contributed by atoms with Crippen molar-refractivity contribution in [1.29, 1.82) is 0 Å². The molecule has 1 aromatic rings. The summed E-state index contributed by atoms with van der Waals surface area (Å²) in [7, 11) is 0. The second kappa shape index (κ2) is 9.08. The maximum Gasteiger partial charge on any atom is 0.254 e. The third-order valence-electron chi connectivity index (χ3n) is 4.67. The van der Waals surface area contributed by atoms with Crippen molar-refractivity contribution in [2.45, 2.75) is 37.8 Å². The Morgan fingerprint density at radius 1 is 1.20 bits per heavy atom. The molecule has 2 N–H and O–H groups in total. The molecule has 0 aromatic heterocycles.